The Hall–Kier alpha value is -2.28. The molecule has 8 rings (SSSR count). The Kier molecular flexibility index (Phi) is 3.22. The molecule has 4 unspecified atom stereocenters. The van der Waals surface area contributed by atoms with Crippen LogP contribution in [-0.4, -0.2) is 37.3 Å². The number of nitrogens with zero attached hydrogens (tertiary/aromatic N) is 4. The molecule has 1 amide bonds. The lowest BCUT2D eigenvalue weighted by atomic mass is 9.80. The van der Waals surface area contributed by atoms with Crippen molar-refractivity contribution in [1.29, 1.82) is 0 Å². The summed E-state index contributed by atoms with van der Waals surface area (Å²) in [5.74, 6) is 2.92. The van der Waals surface area contributed by atoms with Crippen molar-refractivity contribution >= 4 is 5.91 Å². The molecule has 29 heavy (non-hydrogen) atoms. The van der Waals surface area contributed by atoms with E-state index in [-0.39, 0.29) is 23.7 Å². The van der Waals surface area contributed by atoms with Crippen LogP contribution in [0.5, 0.6) is 0 Å². The molecule has 4 heterocycles. The smallest absolute Gasteiger partial charge is 0.272 e. The molecule has 0 radical (unpaired) electrons. The third-order valence-corrected chi connectivity index (χ3v) is 8.20. The number of carbonyl (C=O) groups is 1. The van der Waals surface area contributed by atoms with Gasteiger partial charge in [0.1, 0.15) is 6.10 Å². The van der Waals surface area contributed by atoms with Gasteiger partial charge in [0.2, 0.25) is 0 Å². The van der Waals surface area contributed by atoms with Crippen LogP contribution in [0, 0.1) is 17.8 Å². The Morgan fingerprint density at radius 2 is 2.03 bits per heavy atom. The number of hydrogen-bond acceptors (Lipinski definition) is 5. The molecule has 2 aromatic rings. The Bertz CT molecular complexity index is 988. The van der Waals surface area contributed by atoms with Gasteiger partial charge in [0.05, 0.1) is 18.0 Å². The number of nitrogens with one attached hydrogen (secondary N) is 1. The summed E-state index contributed by atoms with van der Waals surface area (Å²) in [6.45, 7) is 0. The normalized spacial score (nSPS) is 38.4. The highest BCUT2D eigenvalue weighted by atomic mass is 16.5. The van der Waals surface area contributed by atoms with E-state index in [9.17, 15) is 4.79 Å². The van der Waals surface area contributed by atoms with E-state index in [1.807, 2.05) is 0 Å². The van der Waals surface area contributed by atoms with Crippen molar-refractivity contribution in [2.75, 3.05) is 0 Å². The van der Waals surface area contributed by atoms with Crippen LogP contribution >= 0.6 is 0 Å². The zero-order valence-corrected chi connectivity index (χ0v) is 16.4. The maximum atomic E-state index is 13.5. The van der Waals surface area contributed by atoms with Crippen LogP contribution in [0.4, 0.5) is 0 Å². The molecule has 6 bridgehead atoms. The number of fused-ring (bicyclic) bond motifs is 4. The van der Waals surface area contributed by atoms with E-state index in [0.29, 0.717) is 17.4 Å². The maximum absolute atomic E-state index is 13.5. The largest absolute Gasteiger partial charge is 0.368 e. The summed E-state index contributed by atoms with van der Waals surface area (Å²) in [6, 6.07) is 0. The van der Waals surface area contributed by atoms with Gasteiger partial charge in [0.15, 0.2) is 11.5 Å². The van der Waals surface area contributed by atoms with Crippen molar-refractivity contribution in [3.8, 4) is 5.82 Å². The predicted molar refractivity (Wildman–Crippen MR) is 103 cm³/mol. The molecule has 5 fully saturated rings. The van der Waals surface area contributed by atoms with E-state index in [1.54, 1.807) is 23.3 Å². The van der Waals surface area contributed by atoms with Gasteiger partial charge >= 0.3 is 0 Å². The molecule has 0 aromatic carbocycles. The standard InChI is InChI=1S/C22H25N5O2/c28-21(25-22-9-12-5-13(10-22)7-14(22)6-12)19-16-8-15-1-2-17(29-15)20(16)27(26-19)18-11-23-3-4-24-18/h3-4,11-15,17H,1-2,5-10H2,(H,25,28)/t12-,13+,14?,15?,17?,22?. The SMILES string of the molecule is O=C(NC12C[C@@H]3CC1C[C@@H](C3)C2)c1nn(-c2cnccn2)c2c1CC1CCC2O1. The van der Waals surface area contributed by atoms with Gasteiger partial charge in [-0.25, -0.2) is 9.67 Å². The maximum Gasteiger partial charge on any atom is 0.272 e. The average Bonchev–Trinajstić information content (AvgIpc) is 3.41. The Morgan fingerprint density at radius 1 is 1.17 bits per heavy atom. The number of carbonyl (C=O) groups excluding carboxylic acids is 1. The van der Waals surface area contributed by atoms with Crippen molar-refractivity contribution in [1.82, 2.24) is 25.1 Å². The first-order valence-electron chi connectivity index (χ1n) is 11.0. The first kappa shape index (κ1) is 16.5. The zero-order chi connectivity index (χ0) is 19.2. The predicted octanol–water partition coefficient (Wildman–Crippen LogP) is 2.75. The summed E-state index contributed by atoms with van der Waals surface area (Å²) in [5, 5.41) is 8.29. The zero-order valence-electron chi connectivity index (χ0n) is 16.4. The molecule has 2 aliphatic heterocycles. The van der Waals surface area contributed by atoms with Gasteiger partial charge in [-0.15, -0.1) is 0 Å². The third kappa shape index (κ3) is 2.28. The molecule has 150 valence electrons. The van der Waals surface area contributed by atoms with Gasteiger partial charge in [0, 0.05) is 29.9 Å². The van der Waals surface area contributed by atoms with Gasteiger partial charge in [-0.1, -0.05) is 0 Å². The molecule has 2 aromatic heterocycles. The van der Waals surface area contributed by atoms with Gasteiger partial charge in [-0.3, -0.25) is 9.78 Å². The van der Waals surface area contributed by atoms with Crippen LogP contribution in [0.25, 0.3) is 5.82 Å². The van der Waals surface area contributed by atoms with Crippen molar-refractivity contribution in [2.45, 2.75) is 69.1 Å². The fourth-order valence-corrected chi connectivity index (χ4v) is 7.32. The average molecular weight is 391 g/mol. The molecule has 4 aliphatic carbocycles. The lowest BCUT2D eigenvalue weighted by Crippen LogP contribution is -2.49. The molecular formula is C22H25N5O2. The molecular weight excluding hydrogens is 366 g/mol. The number of aromatic nitrogens is 4. The minimum Gasteiger partial charge on any atom is -0.368 e. The summed E-state index contributed by atoms with van der Waals surface area (Å²) in [4.78, 5) is 22.2. The van der Waals surface area contributed by atoms with Gasteiger partial charge in [-0.05, 0) is 62.7 Å². The highest BCUT2D eigenvalue weighted by molar-refractivity contribution is 5.95. The third-order valence-electron chi connectivity index (χ3n) is 8.20. The molecule has 6 atom stereocenters. The number of hydrogen-bond donors (Lipinski definition) is 1. The second-order valence-corrected chi connectivity index (χ2v) is 9.87. The van der Waals surface area contributed by atoms with Crippen molar-refractivity contribution < 1.29 is 9.53 Å². The highest BCUT2D eigenvalue weighted by Crippen LogP contribution is 2.60. The first-order valence-corrected chi connectivity index (χ1v) is 11.0. The Morgan fingerprint density at radius 3 is 2.83 bits per heavy atom. The monoisotopic (exact) mass is 391 g/mol. The summed E-state index contributed by atoms with van der Waals surface area (Å²) >= 11 is 0. The molecule has 0 spiro atoms. The van der Waals surface area contributed by atoms with E-state index < -0.39 is 0 Å². The van der Waals surface area contributed by atoms with Gasteiger partial charge in [0.25, 0.3) is 5.91 Å². The Labute approximate surface area is 169 Å². The van der Waals surface area contributed by atoms with Crippen LogP contribution in [-0.2, 0) is 11.2 Å². The lowest BCUT2D eigenvalue weighted by Gasteiger charge is -2.33. The minimum atomic E-state index is -0.00340. The van der Waals surface area contributed by atoms with Crippen molar-refractivity contribution in [2.24, 2.45) is 17.8 Å². The molecule has 4 saturated carbocycles. The fourth-order valence-electron chi connectivity index (χ4n) is 7.32. The fraction of sp³-hybridized carbons (Fsp3) is 0.636. The van der Waals surface area contributed by atoms with Crippen LogP contribution in [0.15, 0.2) is 18.6 Å². The van der Waals surface area contributed by atoms with Crippen LogP contribution in [0.2, 0.25) is 0 Å². The van der Waals surface area contributed by atoms with Crippen LogP contribution < -0.4 is 5.32 Å². The number of ether oxygens (including phenoxy) is 1. The van der Waals surface area contributed by atoms with Gasteiger partial charge < -0.3 is 10.1 Å². The van der Waals surface area contributed by atoms with Gasteiger partial charge in [-0.2, -0.15) is 5.10 Å². The van der Waals surface area contributed by atoms with E-state index in [0.717, 1.165) is 55.2 Å². The summed E-state index contributed by atoms with van der Waals surface area (Å²) < 4.78 is 7.96. The highest BCUT2D eigenvalue weighted by Gasteiger charge is 2.58. The van der Waals surface area contributed by atoms with Crippen molar-refractivity contribution in [3.05, 3.63) is 35.5 Å². The van der Waals surface area contributed by atoms with E-state index in [1.165, 1.54) is 19.3 Å². The molecule has 7 heteroatoms. The number of amides is 1. The van der Waals surface area contributed by atoms with Crippen LogP contribution in [0.3, 0.4) is 0 Å². The first-order chi connectivity index (χ1) is 14.2. The molecule has 6 aliphatic rings. The quantitative estimate of drug-likeness (QED) is 0.870. The van der Waals surface area contributed by atoms with E-state index in [4.69, 9.17) is 9.84 Å². The topological polar surface area (TPSA) is 81.9 Å². The van der Waals surface area contributed by atoms with E-state index in [2.05, 4.69) is 15.3 Å². The van der Waals surface area contributed by atoms with Crippen molar-refractivity contribution in [3.63, 3.8) is 0 Å². The molecule has 1 saturated heterocycles. The minimum absolute atomic E-state index is 0.00149. The summed E-state index contributed by atoms with van der Waals surface area (Å²) in [7, 11) is 0. The Balaban J connectivity index is 1.29. The van der Waals surface area contributed by atoms with E-state index >= 15 is 0 Å². The second-order valence-electron chi connectivity index (χ2n) is 9.87. The summed E-state index contributed by atoms with van der Waals surface area (Å²) in [6.07, 6.45) is 14.2. The van der Waals surface area contributed by atoms with Crippen LogP contribution in [0.1, 0.15) is 72.8 Å². The molecule has 1 N–H and O–H groups in total. The summed E-state index contributed by atoms with van der Waals surface area (Å²) in [5.41, 5.74) is 2.64. The lowest BCUT2D eigenvalue weighted by molar-refractivity contribution is 0.0284. The molecule has 7 nitrogen and oxygen atoms in total. The second kappa shape index (κ2) is 5.65. The number of rotatable bonds is 3.